The molecule has 2 rings (SSSR count). The smallest absolute Gasteiger partial charge is 0.120 e. The van der Waals surface area contributed by atoms with Crippen LogP contribution in [0.4, 0.5) is 0 Å². The number of aryl methyl sites for hydroxylation is 1. The Kier molecular flexibility index (Phi) is 3.74. The number of ether oxygens (including phenoxy) is 1. The molecule has 0 aliphatic carbocycles. The summed E-state index contributed by atoms with van der Waals surface area (Å²) in [6.07, 6.45) is 0. The van der Waals surface area contributed by atoms with E-state index in [4.69, 9.17) is 9.84 Å². The monoisotopic (exact) mass is 207 g/mol. The van der Waals surface area contributed by atoms with Crippen molar-refractivity contribution in [3.63, 3.8) is 0 Å². The minimum absolute atomic E-state index is 0. The molecule has 2 N–H and O–H groups in total. The van der Waals surface area contributed by atoms with E-state index < -0.39 is 0 Å². The Morgan fingerprint density at radius 1 is 1.33 bits per heavy atom. The zero-order valence-electron chi connectivity index (χ0n) is 8.08. The van der Waals surface area contributed by atoms with Crippen molar-refractivity contribution in [1.29, 1.82) is 0 Å². The molecule has 0 aliphatic heterocycles. The van der Waals surface area contributed by atoms with Crippen LogP contribution >= 0.6 is 0 Å². The standard InChI is InChI=1S/C11H13NO2.CH4/c1-8-6-9-7-10(14-5-4-13)2-3-11(9)12-8;/h2-3,6-7,12-13H,4-5H2,1H3;1H4. The van der Waals surface area contributed by atoms with Crippen LogP contribution in [0.3, 0.4) is 0 Å². The summed E-state index contributed by atoms with van der Waals surface area (Å²) in [6, 6.07) is 7.92. The first-order valence-corrected chi connectivity index (χ1v) is 4.62. The molecular weight excluding hydrogens is 190 g/mol. The van der Waals surface area contributed by atoms with Gasteiger partial charge in [0.15, 0.2) is 0 Å². The van der Waals surface area contributed by atoms with Crippen LogP contribution < -0.4 is 4.74 Å². The van der Waals surface area contributed by atoms with Crippen LogP contribution in [0.2, 0.25) is 0 Å². The highest BCUT2D eigenvalue weighted by molar-refractivity contribution is 5.81. The number of rotatable bonds is 3. The van der Waals surface area contributed by atoms with E-state index in [9.17, 15) is 0 Å². The van der Waals surface area contributed by atoms with Gasteiger partial charge in [-0.3, -0.25) is 0 Å². The third kappa shape index (κ3) is 2.50. The number of aromatic amines is 1. The highest BCUT2D eigenvalue weighted by atomic mass is 16.5. The molecule has 1 aromatic heterocycles. The van der Waals surface area contributed by atoms with Gasteiger partial charge in [0.05, 0.1) is 6.61 Å². The lowest BCUT2D eigenvalue weighted by atomic mass is 10.2. The Morgan fingerprint density at radius 3 is 2.87 bits per heavy atom. The summed E-state index contributed by atoms with van der Waals surface area (Å²) in [5, 5.41) is 9.75. The predicted molar refractivity (Wildman–Crippen MR) is 62.3 cm³/mol. The largest absolute Gasteiger partial charge is 0.491 e. The number of aliphatic hydroxyl groups excluding tert-OH is 1. The maximum atomic E-state index is 8.61. The van der Waals surface area contributed by atoms with Crippen LogP contribution in [0.1, 0.15) is 13.1 Å². The molecule has 82 valence electrons. The molecule has 1 heterocycles. The number of aliphatic hydroxyl groups is 1. The second-order valence-corrected chi connectivity index (χ2v) is 3.27. The first kappa shape index (κ1) is 11.6. The highest BCUT2D eigenvalue weighted by Gasteiger charge is 1.99. The summed E-state index contributed by atoms with van der Waals surface area (Å²) in [4.78, 5) is 3.24. The van der Waals surface area contributed by atoms with E-state index >= 15 is 0 Å². The van der Waals surface area contributed by atoms with Gasteiger partial charge in [-0.25, -0.2) is 0 Å². The first-order chi connectivity index (χ1) is 6.79. The fourth-order valence-corrected chi connectivity index (χ4v) is 1.51. The van der Waals surface area contributed by atoms with Gasteiger partial charge in [-0.15, -0.1) is 0 Å². The van der Waals surface area contributed by atoms with Gasteiger partial charge >= 0.3 is 0 Å². The lowest BCUT2D eigenvalue weighted by Crippen LogP contribution is -2.01. The lowest BCUT2D eigenvalue weighted by molar-refractivity contribution is 0.201. The Balaban J connectivity index is 0.00000112. The van der Waals surface area contributed by atoms with Gasteiger partial charge in [-0.1, -0.05) is 7.43 Å². The summed E-state index contributed by atoms with van der Waals surface area (Å²) in [7, 11) is 0. The molecule has 1 aromatic carbocycles. The third-order valence-electron chi connectivity index (χ3n) is 2.09. The molecule has 15 heavy (non-hydrogen) atoms. The first-order valence-electron chi connectivity index (χ1n) is 4.62. The fraction of sp³-hybridized carbons (Fsp3) is 0.333. The fourth-order valence-electron chi connectivity index (χ4n) is 1.51. The molecular formula is C12H17NO2. The van der Waals surface area contributed by atoms with Crippen molar-refractivity contribution < 1.29 is 9.84 Å². The molecule has 0 aliphatic rings. The molecule has 0 atom stereocenters. The predicted octanol–water partition coefficient (Wildman–Crippen LogP) is 2.48. The third-order valence-corrected chi connectivity index (χ3v) is 2.09. The molecule has 0 saturated carbocycles. The molecule has 0 unspecified atom stereocenters. The molecule has 3 heteroatoms. The van der Waals surface area contributed by atoms with Crippen molar-refractivity contribution in [2.24, 2.45) is 0 Å². The summed E-state index contributed by atoms with van der Waals surface area (Å²) >= 11 is 0. The van der Waals surface area contributed by atoms with Crippen molar-refractivity contribution in [3.8, 4) is 5.75 Å². The number of benzene rings is 1. The zero-order valence-corrected chi connectivity index (χ0v) is 8.08. The van der Waals surface area contributed by atoms with Gasteiger partial charge in [0.2, 0.25) is 0 Å². The van der Waals surface area contributed by atoms with E-state index in [0.29, 0.717) is 6.61 Å². The van der Waals surface area contributed by atoms with Crippen molar-refractivity contribution in [2.45, 2.75) is 14.4 Å². The average Bonchev–Trinajstić information content (AvgIpc) is 2.54. The van der Waals surface area contributed by atoms with Crippen molar-refractivity contribution in [1.82, 2.24) is 4.98 Å². The van der Waals surface area contributed by atoms with E-state index in [2.05, 4.69) is 11.1 Å². The Hall–Kier alpha value is -1.48. The van der Waals surface area contributed by atoms with Crippen molar-refractivity contribution in [3.05, 3.63) is 30.0 Å². The quantitative estimate of drug-likeness (QED) is 0.812. The van der Waals surface area contributed by atoms with Gasteiger partial charge in [0.25, 0.3) is 0 Å². The normalized spacial score (nSPS) is 10.0. The zero-order chi connectivity index (χ0) is 9.97. The number of hydrogen-bond acceptors (Lipinski definition) is 2. The number of H-pyrrole nitrogens is 1. The molecule has 0 saturated heterocycles. The topological polar surface area (TPSA) is 45.2 Å². The molecule has 0 spiro atoms. The summed E-state index contributed by atoms with van der Waals surface area (Å²) < 4.78 is 5.31. The van der Waals surface area contributed by atoms with Crippen molar-refractivity contribution >= 4 is 10.9 Å². The Morgan fingerprint density at radius 2 is 2.13 bits per heavy atom. The number of hydrogen-bond donors (Lipinski definition) is 2. The second-order valence-electron chi connectivity index (χ2n) is 3.27. The average molecular weight is 207 g/mol. The van der Waals surface area contributed by atoms with Crippen LogP contribution in [0, 0.1) is 6.92 Å². The second kappa shape index (κ2) is 4.84. The molecule has 0 fully saturated rings. The van der Waals surface area contributed by atoms with Gasteiger partial charge in [-0.2, -0.15) is 0 Å². The van der Waals surface area contributed by atoms with Crippen LogP contribution in [0.15, 0.2) is 24.3 Å². The van der Waals surface area contributed by atoms with Crippen LogP contribution in [-0.4, -0.2) is 23.3 Å². The van der Waals surface area contributed by atoms with Gasteiger partial charge in [0, 0.05) is 16.6 Å². The SMILES string of the molecule is C.Cc1cc2cc(OCCO)ccc2[nH]1. The molecule has 3 nitrogen and oxygen atoms in total. The number of fused-ring (bicyclic) bond motifs is 1. The van der Waals surface area contributed by atoms with E-state index in [-0.39, 0.29) is 14.0 Å². The summed E-state index contributed by atoms with van der Waals surface area (Å²) in [5.74, 6) is 0.797. The van der Waals surface area contributed by atoms with Crippen LogP contribution in [-0.2, 0) is 0 Å². The van der Waals surface area contributed by atoms with E-state index in [0.717, 1.165) is 22.3 Å². The minimum Gasteiger partial charge on any atom is -0.491 e. The Bertz CT molecular complexity index is 434. The maximum absolute atomic E-state index is 8.61. The number of nitrogens with one attached hydrogen (secondary N) is 1. The summed E-state index contributed by atoms with van der Waals surface area (Å²) in [6.45, 7) is 2.41. The molecule has 0 bridgehead atoms. The minimum atomic E-state index is 0. The van der Waals surface area contributed by atoms with Crippen LogP contribution in [0.25, 0.3) is 10.9 Å². The Labute approximate surface area is 89.7 Å². The van der Waals surface area contributed by atoms with E-state index in [1.807, 2.05) is 25.1 Å². The summed E-state index contributed by atoms with van der Waals surface area (Å²) in [5.41, 5.74) is 2.25. The maximum Gasteiger partial charge on any atom is 0.120 e. The van der Waals surface area contributed by atoms with Gasteiger partial charge in [0.1, 0.15) is 12.4 Å². The highest BCUT2D eigenvalue weighted by Crippen LogP contribution is 2.21. The van der Waals surface area contributed by atoms with Gasteiger partial charge < -0.3 is 14.8 Å². The van der Waals surface area contributed by atoms with Gasteiger partial charge in [-0.05, 0) is 31.2 Å². The van der Waals surface area contributed by atoms with Crippen molar-refractivity contribution in [2.75, 3.05) is 13.2 Å². The van der Waals surface area contributed by atoms with Crippen LogP contribution in [0.5, 0.6) is 5.75 Å². The molecule has 0 amide bonds. The lowest BCUT2D eigenvalue weighted by Gasteiger charge is -2.03. The molecule has 2 aromatic rings. The molecule has 0 radical (unpaired) electrons. The number of aromatic nitrogens is 1. The van der Waals surface area contributed by atoms with E-state index in [1.54, 1.807) is 0 Å². The van der Waals surface area contributed by atoms with E-state index in [1.165, 1.54) is 0 Å².